The molecular weight excluding hydrogens is 319 g/mol. The van der Waals surface area contributed by atoms with Crippen LogP contribution in [0.25, 0.3) is 0 Å². The molecule has 0 unspecified atom stereocenters. The van der Waals surface area contributed by atoms with Crippen LogP contribution in [-0.2, 0) is 11.2 Å². The predicted molar refractivity (Wildman–Crippen MR) is 95.9 cm³/mol. The second kappa shape index (κ2) is 6.69. The Morgan fingerprint density at radius 2 is 2.20 bits per heavy atom. The molecule has 1 aliphatic heterocycles. The Morgan fingerprint density at radius 3 is 2.84 bits per heavy atom. The minimum Gasteiger partial charge on any atom is -0.384 e. The summed E-state index contributed by atoms with van der Waals surface area (Å²) >= 11 is 0. The number of amides is 1. The van der Waals surface area contributed by atoms with Crippen molar-refractivity contribution in [2.45, 2.75) is 33.1 Å². The van der Waals surface area contributed by atoms with Crippen LogP contribution in [0.4, 0.5) is 4.39 Å². The van der Waals surface area contributed by atoms with Gasteiger partial charge < -0.3 is 15.4 Å². The van der Waals surface area contributed by atoms with Gasteiger partial charge in [-0.15, -0.1) is 0 Å². The number of nitrogens with zero attached hydrogens (tertiary/aromatic N) is 1. The van der Waals surface area contributed by atoms with E-state index in [0.29, 0.717) is 32.2 Å². The first-order valence-corrected chi connectivity index (χ1v) is 9.10. The number of benzene rings is 1. The quantitative estimate of drug-likeness (QED) is 0.860. The first kappa shape index (κ1) is 18.3. The molecule has 2 N–H and O–H groups in total. The van der Waals surface area contributed by atoms with Crippen molar-refractivity contribution in [2.75, 3.05) is 33.4 Å². The average molecular weight is 348 g/mol. The van der Waals surface area contributed by atoms with Crippen LogP contribution >= 0.6 is 0 Å². The van der Waals surface area contributed by atoms with Gasteiger partial charge in [-0.3, -0.25) is 4.79 Å². The molecule has 0 spiro atoms. The highest BCUT2D eigenvalue weighted by Gasteiger charge is 2.63. The fourth-order valence-corrected chi connectivity index (χ4v) is 5.13. The Labute approximate surface area is 149 Å². The van der Waals surface area contributed by atoms with Gasteiger partial charge in [0.25, 0.3) is 5.91 Å². The summed E-state index contributed by atoms with van der Waals surface area (Å²) in [5.41, 5.74) is 6.93. The van der Waals surface area contributed by atoms with Crippen molar-refractivity contribution in [3.8, 4) is 0 Å². The molecule has 0 radical (unpaired) electrons. The van der Waals surface area contributed by atoms with E-state index >= 15 is 0 Å². The number of carbonyl (C=O) groups excluding carboxylic acids is 1. The van der Waals surface area contributed by atoms with E-state index in [0.717, 1.165) is 24.8 Å². The van der Waals surface area contributed by atoms with Crippen LogP contribution in [0.5, 0.6) is 0 Å². The lowest BCUT2D eigenvalue weighted by atomic mass is 9.48. The molecule has 1 amide bonds. The largest absolute Gasteiger partial charge is 0.384 e. The maximum Gasteiger partial charge on any atom is 0.256 e. The minimum absolute atomic E-state index is 0.0293. The standard InChI is InChI=1S/C20H29FN2O2/c1-19(2)11-20(13-25-3)12-23(10-17(19)20)18(24)15-9-14(5-4-8-22)6-7-16(15)21/h6-7,9,17H,4-5,8,10-13,22H2,1-3H3/t17-,20-/m1/s1. The maximum absolute atomic E-state index is 14.3. The first-order valence-electron chi connectivity index (χ1n) is 9.10. The van der Waals surface area contributed by atoms with E-state index in [-0.39, 0.29) is 22.3 Å². The summed E-state index contributed by atoms with van der Waals surface area (Å²) in [5, 5.41) is 0. The molecule has 1 aromatic rings. The lowest BCUT2D eigenvalue weighted by Gasteiger charge is -2.56. The summed E-state index contributed by atoms with van der Waals surface area (Å²) in [4.78, 5) is 14.8. The smallest absolute Gasteiger partial charge is 0.256 e. The zero-order valence-corrected chi connectivity index (χ0v) is 15.5. The second-order valence-corrected chi connectivity index (χ2v) is 8.41. The van der Waals surface area contributed by atoms with Gasteiger partial charge in [-0.2, -0.15) is 0 Å². The molecule has 1 saturated carbocycles. The number of rotatable bonds is 6. The van der Waals surface area contributed by atoms with E-state index in [1.807, 2.05) is 4.90 Å². The predicted octanol–water partition coefficient (Wildman–Crippen LogP) is 2.85. The van der Waals surface area contributed by atoms with Gasteiger partial charge in [0.05, 0.1) is 12.2 Å². The SMILES string of the molecule is COC[C@@]12CN(C(=O)c3cc(CCCN)ccc3F)C[C@@H]1C(C)(C)C2. The lowest BCUT2D eigenvalue weighted by Crippen LogP contribution is -2.55. The Bertz CT molecular complexity index is 661. The summed E-state index contributed by atoms with van der Waals surface area (Å²) in [6, 6.07) is 4.84. The van der Waals surface area contributed by atoms with Crippen LogP contribution in [-0.4, -0.2) is 44.2 Å². The molecular formula is C20H29FN2O2. The van der Waals surface area contributed by atoms with Gasteiger partial charge in [0.15, 0.2) is 0 Å². The van der Waals surface area contributed by atoms with Crippen LogP contribution in [0.1, 0.15) is 42.6 Å². The van der Waals surface area contributed by atoms with Crippen molar-refractivity contribution >= 4 is 5.91 Å². The third-order valence-electron chi connectivity index (χ3n) is 6.05. The van der Waals surface area contributed by atoms with Gasteiger partial charge in [-0.25, -0.2) is 4.39 Å². The second-order valence-electron chi connectivity index (χ2n) is 8.41. The van der Waals surface area contributed by atoms with E-state index in [9.17, 15) is 9.18 Å². The average Bonchev–Trinajstić information content (AvgIpc) is 2.88. The van der Waals surface area contributed by atoms with E-state index in [1.165, 1.54) is 6.07 Å². The Balaban J connectivity index is 1.80. The van der Waals surface area contributed by atoms with Gasteiger partial charge in [0, 0.05) is 25.6 Å². The summed E-state index contributed by atoms with van der Waals surface area (Å²) in [6.45, 7) is 7.07. The summed E-state index contributed by atoms with van der Waals surface area (Å²) in [6.07, 6.45) is 2.64. The van der Waals surface area contributed by atoms with Crippen LogP contribution < -0.4 is 5.73 Å². The number of ether oxygens (including phenoxy) is 1. The number of carbonyl (C=O) groups is 1. The molecule has 2 atom stereocenters. The fraction of sp³-hybridized carbons (Fsp3) is 0.650. The van der Waals surface area contributed by atoms with Gasteiger partial charge in [-0.1, -0.05) is 19.9 Å². The van der Waals surface area contributed by atoms with Crippen molar-refractivity contribution in [2.24, 2.45) is 22.5 Å². The maximum atomic E-state index is 14.3. The van der Waals surface area contributed by atoms with Crippen LogP contribution in [0.15, 0.2) is 18.2 Å². The molecule has 25 heavy (non-hydrogen) atoms. The number of likely N-dealkylation sites (tertiary alicyclic amines) is 1. The van der Waals surface area contributed by atoms with Crippen molar-refractivity contribution < 1.29 is 13.9 Å². The van der Waals surface area contributed by atoms with Crippen LogP contribution in [0.2, 0.25) is 0 Å². The molecule has 1 heterocycles. The Morgan fingerprint density at radius 1 is 1.44 bits per heavy atom. The van der Waals surface area contributed by atoms with Gasteiger partial charge in [0.1, 0.15) is 5.82 Å². The molecule has 1 aliphatic carbocycles. The molecule has 2 aliphatic rings. The van der Waals surface area contributed by atoms with Crippen LogP contribution in [0, 0.1) is 22.6 Å². The highest BCUT2D eigenvalue weighted by atomic mass is 19.1. The van der Waals surface area contributed by atoms with Crippen molar-refractivity contribution in [3.05, 3.63) is 35.1 Å². The van der Waals surface area contributed by atoms with E-state index in [2.05, 4.69) is 13.8 Å². The van der Waals surface area contributed by atoms with Crippen molar-refractivity contribution in [1.82, 2.24) is 4.90 Å². The molecule has 5 heteroatoms. The molecule has 1 aromatic carbocycles. The molecule has 2 fully saturated rings. The molecule has 1 saturated heterocycles. The van der Waals surface area contributed by atoms with Gasteiger partial charge in [-0.05, 0) is 54.8 Å². The van der Waals surface area contributed by atoms with Gasteiger partial charge >= 0.3 is 0 Å². The lowest BCUT2D eigenvalue weighted by molar-refractivity contribution is -0.107. The first-order chi connectivity index (χ1) is 11.8. The number of halogens is 1. The molecule has 4 nitrogen and oxygen atoms in total. The van der Waals surface area contributed by atoms with Gasteiger partial charge in [0.2, 0.25) is 0 Å². The minimum atomic E-state index is -0.444. The van der Waals surface area contributed by atoms with E-state index in [1.54, 1.807) is 19.2 Å². The summed E-state index contributed by atoms with van der Waals surface area (Å²) in [5.74, 6) is -0.235. The third kappa shape index (κ3) is 3.20. The van der Waals surface area contributed by atoms with Crippen LogP contribution in [0.3, 0.4) is 0 Å². The summed E-state index contributed by atoms with van der Waals surface area (Å²) < 4.78 is 19.7. The molecule has 3 rings (SSSR count). The number of aryl methyl sites for hydroxylation is 1. The monoisotopic (exact) mass is 348 g/mol. The highest BCUT2D eigenvalue weighted by molar-refractivity contribution is 5.95. The van der Waals surface area contributed by atoms with Crippen molar-refractivity contribution in [1.29, 1.82) is 0 Å². The van der Waals surface area contributed by atoms with E-state index in [4.69, 9.17) is 10.5 Å². The highest BCUT2D eigenvalue weighted by Crippen LogP contribution is 2.62. The van der Waals surface area contributed by atoms with E-state index < -0.39 is 5.82 Å². The Hall–Kier alpha value is -1.46. The third-order valence-corrected chi connectivity index (χ3v) is 6.05. The number of hydrogen-bond acceptors (Lipinski definition) is 3. The Kier molecular flexibility index (Phi) is 4.91. The number of methoxy groups -OCH3 is 1. The molecule has 0 aromatic heterocycles. The van der Waals surface area contributed by atoms with Crippen molar-refractivity contribution in [3.63, 3.8) is 0 Å². The number of nitrogens with two attached hydrogens (primary N) is 1. The topological polar surface area (TPSA) is 55.6 Å². The zero-order valence-electron chi connectivity index (χ0n) is 15.5. The zero-order chi connectivity index (χ0) is 18.2. The molecule has 138 valence electrons. The number of fused-ring (bicyclic) bond motifs is 1. The molecule has 0 bridgehead atoms. The summed E-state index contributed by atoms with van der Waals surface area (Å²) in [7, 11) is 1.71. The fourth-order valence-electron chi connectivity index (χ4n) is 5.13. The number of hydrogen-bond donors (Lipinski definition) is 1. The normalized spacial score (nSPS) is 27.1.